The summed E-state index contributed by atoms with van der Waals surface area (Å²) in [6.07, 6.45) is 4.16. The van der Waals surface area contributed by atoms with E-state index in [0.29, 0.717) is 24.6 Å². The second-order valence-corrected chi connectivity index (χ2v) is 6.89. The highest BCUT2D eigenvalue weighted by molar-refractivity contribution is 5.98. The number of aryl methyl sites for hydroxylation is 1. The maximum Gasteiger partial charge on any atom is 0.306 e. The van der Waals surface area contributed by atoms with Crippen molar-refractivity contribution in [3.63, 3.8) is 0 Å². The molecule has 1 aliphatic heterocycles. The van der Waals surface area contributed by atoms with Gasteiger partial charge in [-0.3, -0.25) is 4.79 Å². The molecule has 0 radical (unpaired) electrons. The molecule has 0 amide bonds. The topological polar surface area (TPSA) is 81.4 Å². The Morgan fingerprint density at radius 2 is 1.93 bits per heavy atom. The zero-order chi connectivity index (χ0) is 19.3. The van der Waals surface area contributed by atoms with E-state index in [2.05, 4.69) is 15.0 Å². The van der Waals surface area contributed by atoms with Crippen molar-refractivity contribution in [1.82, 2.24) is 15.1 Å². The molecule has 7 nitrogen and oxygen atoms in total. The van der Waals surface area contributed by atoms with Gasteiger partial charge in [0, 0.05) is 25.1 Å². The fraction of sp³-hybridized carbons (Fsp3) is 0.429. The maximum absolute atomic E-state index is 11.7. The smallest absolute Gasteiger partial charge is 0.306 e. The fourth-order valence-corrected chi connectivity index (χ4v) is 3.57. The van der Waals surface area contributed by atoms with Crippen LogP contribution in [0.1, 0.15) is 38.4 Å². The molecule has 2 aromatic heterocycles. The summed E-state index contributed by atoms with van der Waals surface area (Å²) in [6, 6.07) is 9.94. The number of hydrogen-bond acceptors (Lipinski definition) is 7. The molecule has 0 bridgehead atoms. The number of carbonyl (C=O) groups excluding carboxylic acids is 1. The Morgan fingerprint density at radius 3 is 2.68 bits per heavy atom. The lowest BCUT2D eigenvalue weighted by molar-refractivity contribution is -0.143. The van der Waals surface area contributed by atoms with Crippen LogP contribution in [0.25, 0.3) is 22.4 Å². The van der Waals surface area contributed by atoms with Gasteiger partial charge in [0.15, 0.2) is 0 Å². The number of fused-ring (bicyclic) bond motifs is 1. The van der Waals surface area contributed by atoms with Crippen molar-refractivity contribution in [2.75, 3.05) is 24.6 Å². The lowest BCUT2D eigenvalue weighted by atomic mass is 10.1. The molecular weight excluding hydrogens is 356 g/mol. The first-order valence-corrected chi connectivity index (χ1v) is 9.88. The molecule has 7 heteroatoms. The van der Waals surface area contributed by atoms with E-state index in [1.54, 1.807) is 6.92 Å². The Balaban J connectivity index is 1.75. The average Bonchev–Trinajstić information content (AvgIpc) is 3.17. The van der Waals surface area contributed by atoms with Gasteiger partial charge in [0.05, 0.1) is 13.0 Å². The van der Waals surface area contributed by atoms with E-state index in [0.717, 1.165) is 48.4 Å². The van der Waals surface area contributed by atoms with Gasteiger partial charge < -0.3 is 14.2 Å². The number of hydrogen-bond donors (Lipinski definition) is 0. The van der Waals surface area contributed by atoms with E-state index in [1.807, 2.05) is 30.3 Å². The third-order valence-corrected chi connectivity index (χ3v) is 4.92. The van der Waals surface area contributed by atoms with Crippen molar-refractivity contribution < 1.29 is 14.1 Å². The van der Waals surface area contributed by atoms with Crippen LogP contribution in [0, 0.1) is 0 Å². The lowest BCUT2D eigenvalue weighted by Crippen LogP contribution is -2.30. The molecule has 0 N–H and O–H groups in total. The third kappa shape index (κ3) is 3.83. The highest BCUT2D eigenvalue weighted by Gasteiger charge is 2.23. The average molecular weight is 380 g/mol. The van der Waals surface area contributed by atoms with Crippen LogP contribution in [0.3, 0.4) is 0 Å². The predicted octanol–water partition coefficient (Wildman–Crippen LogP) is 3.77. The van der Waals surface area contributed by atoms with Gasteiger partial charge in [0.25, 0.3) is 5.71 Å². The minimum absolute atomic E-state index is 0.242. The molecule has 3 aromatic rings. The molecule has 1 fully saturated rings. The molecule has 1 aromatic carbocycles. The van der Waals surface area contributed by atoms with Crippen LogP contribution >= 0.6 is 0 Å². The predicted molar refractivity (Wildman–Crippen MR) is 106 cm³/mol. The maximum atomic E-state index is 11.7. The molecule has 146 valence electrons. The molecule has 0 unspecified atom stereocenters. The van der Waals surface area contributed by atoms with Crippen LogP contribution < -0.4 is 4.90 Å². The van der Waals surface area contributed by atoms with Crippen molar-refractivity contribution in [2.24, 2.45) is 0 Å². The second kappa shape index (κ2) is 8.37. The highest BCUT2D eigenvalue weighted by Crippen LogP contribution is 2.34. The Hall–Kier alpha value is -2.96. The van der Waals surface area contributed by atoms with E-state index in [9.17, 15) is 4.79 Å². The summed E-state index contributed by atoms with van der Waals surface area (Å²) in [7, 11) is 0. The SMILES string of the molecule is CCOC(=O)CCc1nc(N2CCCCC2)c2c(-c3ccccc3)noc2n1. The Labute approximate surface area is 163 Å². The van der Waals surface area contributed by atoms with Crippen molar-refractivity contribution in [1.29, 1.82) is 0 Å². The van der Waals surface area contributed by atoms with Gasteiger partial charge in [0.1, 0.15) is 22.7 Å². The van der Waals surface area contributed by atoms with Crippen molar-refractivity contribution in [2.45, 2.75) is 39.0 Å². The molecule has 0 atom stereocenters. The zero-order valence-corrected chi connectivity index (χ0v) is 16.1. The largest absolute Gasteiger partial charge is 0.466 e. The third-order valence-electron chi connectivity index (χ3n) is 4.92. The molecule has 1 saturated heterocycles. The number of carbonyl (C=O) groups is 1. The number of benzene rings is 1. The van der Waals surface area contributed by atoms with E-state index < -0.39 is 0 Å². The van der Waals surface area contributed by atoms with Crippen LogP contribution in [0.5, 0.6) is 0 Å². The lowest BCUT2D eigenvalue weighted by Gasteiger charge is -2.28. The molecule has 3 heterocycles. The number of piperidine rings is 1. The zero-order valence-electron chi connectivity index (χ0n) is 16.1. The Bertz CT molecular complexity index is 949. The first-order valence-electron chi connectivity index (χ1n) is 9.88. The number of nitrogens with zero attached hydrogens (tertiary/aromatic N) is 4. The van der Waals surface area contributed by atoms with Crippen molar-refractivity contribution >= 4 is 22.9 Å². The molecular formula is C21H24N4O3. The number of ether oxygens (including phenoxy) is 1. The van der Waals surface area contributed by atoms with Crippen LogP contribution in [0.2, 0.25) is 0 Å². The molecule has 4 rings (SSSR count). The quantitative estimate of drug-likeness (QED) is 0.602. The molecule has 28 heavy (non-hydrogen) atoms. The van der Waals surface area contributed by atoms with Crippen LogP contribution in [0.15, 0.2) is 34.9 Å². The number of rotatable bonds is 6. The van der Waals surface area contributed by atoms with Gasteiger partial charge in [-0.2, -0.15) is 4.98 Å². The number of aromatic nitrogens is 3. The van der Waals surface area contributed by atoms with Crippen LogP contribution in [0.4, 0.5) is 5.82 Å². The van der Waals surface area contributed by atoms with Crippen LogP contribution in [-0.4, -0.2) is 40.8 Å². The molecule has 0 saturated carbocycles. The van der Waals surface area contributed by atoms with E-state index in [1.165, 1.54) is 6.42 Å². The summed E-state index contributed by atoms with van der Waals surface area (Å²) < 4.78 is 10.6. The van der Waals surface area contributed by atoms with Gasteiger partial charge in [-0.15, -0.1) is 0 Å². The minimum atomic E-state index is -0.242. The highest BCUT2D eigenvalue weighted by atomic mass is 16.5. The van der Waals surface area contributed by atoms with E-state index in [-0.39, 0.29) is 12.4 Å². The summed E-state index contributed by atoms with van der Waals surface area (Å²) in [5.41, 5.74) is 2.20. The summed E-state index contributed by atoms with van der Waals surface area (Å²) in [5.74, 6) is 1.19. The molecule has 0 aliphatic carbocycles. The number of esters is 1. The standard InChI is InChI=1S/C21H24N4O3/c1-2-27-17(26)12-11-16-22-20(25-13-7-4-8-14-25)18-19(24-28-21(18)23-16)15-9-5-3-6-10-15/h3,5-6,9-10H,2,4,7-8,11-14H2,1H3. The Kier molecular flexibility index (Phi) is 5.50. The molecule has 0 spiro atoms. The molecule has 1 aliphatic rings. The first-order chi connectivity index (χ1) is 13.8. The van der Waals surface area contributed by atoms with Gasteiger partial charge >= 0.3 is 5.97 Å². The van der Waals surface area contributed by atoms with Crippen molar-refractivity contribution in [3.05, 3.63) is 36.2 Å². The minimum Gasteiger partial charge on any atom is -0.466 e. The summed E-state index contributed by atoms with van der Waals surface area (Å²) >= 11 is 0. The Morgan fingerprint density at radius 1 is 1.14 bits per heavy atom. The van der Waals surface area contributed by atoms with Gasteiger partial charge in [-0.05, 0) is 26.2 Å². The second-order valence-electron chi connectivity index (χ2n) is 6.89. The van der Waals surface area contributed by atoms with Gasteiger partial charge in [0.2, 0.25) is 0 Å². The summed E-state index contributed by atoms with van der Waals surface area (Å²) in [4.78, 5) is 23.4. The van der Waals surface area contributed by atoms with E-state index in [4.69, 9.17) is 14.2 Å². The van der Waals surface area contributed by atoms with Gasteiger partial charge in [-0.25, -0.2) is 4.98 Å². The summed E-state index contributed by atoms with van der Waals surface area (Å²) in [6.45, 7) is 4.07. The van der Waals surface area contributed by atoms with Gasteiger partial charge in [-0.1, -0.05) is 35.5 Å². The van der Waals surface area contributed by atoms with E-state index >= 15 is 0 Å². The normalized spacial score (nSPS) is 14.4. The fourth-order valence-electron chi connectivity index (χ4n) is 3.57. The van der Waals surface area contributed by atoms with Crippen molar-refractivity contribution in [3.8, 4) is 11.3 Å². The monoisotopic (exact) mass is 380 g/mol. The summed E-state index contributed by atoms with van der Waals surface area (Å²) in [5, 5.41) is 5.13. The number of anilines is 1. The van der Waals surface area contributed by atoms with Crippen LogP contribution in [-0.2, 0) is 16.0 Å². The first kappa shape index (κ1) is 18.4.